The van der Waals surface area contributed by atoms with Gasteiger partial charge in [0.25, 0.3) is 0 Å². The molecule has 0 saturated heterocycles. The Morgan fingerprint density at radius 3 is 2.48 bits per heavy atom. The summed E-state index contributed by atoms with van der Waals surface area (Å²) in [5.74, 6) is -1.44. The molecule has 1 N–H and O–H groups in total. The summed E-state index contributed by atoms with van der Waals surface area (Å²) >= 11 is 0. The molecule has 1 heterocycles. The lowest BCUT2D eigenvalue weighted by atomic mass is 10.1. The van der Waals surface area contributed by atoms with Crippen molar-refractivity contribution in [3.8, 4) is 0 Å². The number of nitrogens with zero attached hydrogens (tertiary/aromatic N) is 2. The van der Waals surface area contributed by atoms with Crippen LogP contribution in [0.5, 0.6) is 0 Å². The lowest BCUT2D eigenvalue weighted by molar-refractivity contribution is 0.536. The molecule has 0 spiro atoms. The maximum atomic E-state index is 13.9. The number of halogens is 2. The second-order valence-electron chi connectivity index (χ2n) is 5.44. The first-order valence-corrected chi connectivity index (χ1v) is 8.86. The maximum absolute atomic E-state index is 13.9. The lowest BCUT2D eigenvalue weighted by Gasteiger charge is -2.19. The molecule has 0 fully saturated rings. The van der Waals surface area contributed by atoms with Crippen molar-refractivity contribution in [1.29, 1.82) is 0 Å². The second kappa shape index (κ2) is 6.73. The van der Waals surface area contributed by atoms with Crippen LogP contribution in [0.15, 0.2) is 65.8 Å². The van der Waals surface area contributed by atoms with Crippen LogP contribution in [-0.2, 0) is 17.1 Å². The van der Waals surface area contributed by atoms with E-state index in [1.54, 1.807) is 48.1 Å². The van der Waals surface area contributed by atoms with E-state index in [1.807, 2.05) is 0 Å². The van der Waals surface area contributed by atoms with Crippen LogP contribution >= 0.6 is 0 Å². The fraction of sp³-hybridized carbons (Fsp3) is 0.118. The number of rotatable bonds is 5. The molecule has 0 aliphatic carbocycles. The molecular formula is C17H15F2N3O2S. The van der Waals surface area contributed by atoms with Crippen LogP contribution in [0.25, 0.3) is 0 Å². The Morgan fingerprint density at radius 2 is 1.84 bits per heavy atom. The number of aromatic nitrogens is 2. The molecule has 25 heavy (non-hydrogen) atoms. The van der Waals surface area contributed by atoms with Gasteiger partial charge in [0.1, 0.15) is 28.4 Å². The van der Waals surface area contributed by atoms with E-state index in [2.05, 4.69) is 9.71 Å². The lowest BCUT2D eigenvalue weighted by Crippen LogP contribution is -2.31. The molecule has 3 aromatic rings. The van der Waals surface area contributed by atoms with E-state index in [1.165, 1.54) is 6.20 Å². The summed E-state index contributed by atoms with van der Waals surface area (Å²) in [6.07, 6.45) is 3.20. The fourth-order valence-corrected chi connectivity index (χ4v) is 3.74. The smallest absolute Gasteiger partial charge is 0.244 e. The van der Waals surface area contributed by atoms with Crippen molar-refractivity contribution in [2.45, 2.75) is 10.9 Å². The number of aryl methyl sites for hydroxylation is 1. The van der Waals surface area contributed by atoms with Crippen molar-refractivity contribution in [3.05, 3.63) is 83.9 Å². The van der Waals surface area contributed by atoms with Gasteiger partial charge in [0, 0.05) is 19.4 Å². The van der Waals surface area contributed by atoms with E-state index in [0.717, 1.165) is 12.1 Å². The van der Waals surface area contributed by atoms with Gasteiger partial charge in [0.2, 0.25) is 10.0 Å². The largest absolute Gasteiger partial charge is 0.336 e. The Kier molecular flexibility index (Phi) is 4.65. The average Bonchev–Trinajstić information content (AvgIpc) is 3.01. The van der Waals surface area contributed by atoms with E-state index in [-0.39, 0.29) is 0 Å². The van der Waals surface area contributed by atoms with Crippen LogP contribution in [0, 0.1) is 11.6 Å². The molecule has 0 amide bonds. The minimum atomic E-state index is -4.32. The molecule has 130 valence electrons. The monoisotopic (exact) mass is 363 g/mol. The molecule has 1 atom stereocenters. The van der Waals surface area contributed by atoms with Crippen molar-refractivity contribution >= 4 is 10.0 Å². The van der Waals surface area contributed by atoms with Crippen molar-refractivity contribution in [2.75, 3.05) is 0 Å². The number of hydrogen-bond donors (Lipinski definition) is 1. The van der Waals surface area contributed by atoms with Gasteiger partial charge < -0.3 is 4.57 Å². The van der Waals surface area contributed by atoms with E-state index in [4.69, 9.17) is 0 Å². The van der Waals surface area contributed by atoms with Gasteiger partial charge in [0.05, 0.1) is 0 Å². The fourth-order valence-electron chi connectivity index (χ4n) is 2.47. The van der Waals surface area contributed by atoms with Gasteiger partial charge in [-0.1, -0.05) is 30.3 Å². The molecular weight excluding hydrogens is 348 g/mol. The summed E-state index contributed by atoms with van der Waals surface area (Å²) in [5.41, 5.74) is 0.622. The highest BCUT2D eigenvalue weighted by Crippen LogP contribution is 2.24. The van der Waals surface area contributed by atoms with Crippen LogP contribution in [0.3, 0.4) is 0 Å². The first kappa shape index (κ1) is 17.2. The number of imidazole rings is 1. The number of benzene rings is 2. The molecule has 2 aromatic carbocycles. The van der Waals surface area contributed by atoms with Gasteiger partial charge in [-0.3, -0.25) is 0 Å². The van der Waals surface area contributed by atoms with Crippen LogP contribution in [0.2, 0.25) is 0 Å². The maximum Gasteiger partial charge on any atom is 0.244 e. The summed E-state index contributed by atoms with van der Waals surface area (Å²) in [4.78, 5) is 3.43. The SMILES string of the molecule is Cn1ccnc1C(NS(=O)(=O)c1cc(F)ccc1F)c1ccccc1. The molecule has 1 aromatic heterocycles. The highest BCUT2D eigenvalue weighted by atomic mass is 32.2. The van der Waals surface area contributed by atoms with Gasteiger partial charge in [-0.2, -0.15) is 4.72 Å². The summed E-state index contributed by atoms with van der Waals surface area (Å²) in [6.45, 7) is 0. The van der Waals surface area contributed by atoms with E-state index < -0.39 is 32.6 Å². The zero-order valence-electron chi connectivity index (χ0n) is 13.2. The van der Waals surface area contributed by atoms with E-state index in [9.17, 15) is 17.2 Å². The highest BCUT2D eigenvalue weighted by Gasteiger charge is 2.28. The standard InChI is InChI=1S/C17H15F2N3O2S/c1-22-10-9-20-17(22)16(12-5-3-2-4-6-12)21-25(23,24)15-11-13(18)7-8-14(15)19/h2-11,16,21H,1H3. The predicted molar refractivity (Wildman–Crippen MR) is 88.2 cm³/mol. The summed E-state index contributed by atoms with van der Waals surface area (Å²) in [5, 5.41) is 0. The normalized spacial score (nSPS) is 12.9. The third-order valence-corrected chi connectivity index (χ3v) is 5.14. The van der Waals surface area contributed by atoms with Gasteiger partial charge in [-0.15, -0.1) is 0 Å². The van der Waals surface area contributed by atoms with Gasteiger partial charge in [-0.05, 0) is 23.8 Å². The summed E-state index contributed by atoms with van der Waals surface area (Å²) in [7, 11) is -2.60. The topological polar surface area (TPSA) is 64.0 Å². The van der Waals surface area contributed by atoms with Crippen molar-refractivity contribution in [3.63, 3.8) is 0 Å². The number of sulfonamides is 1. The zero-order valence-corrected chi connectivity index (χ0v) is 14.0. The Balaban J connectivity index is 2.06. The molecule has 0 saturated carbocycles. The molecule has 3 rings (SSSR count). The minimum Gasteiger partial charge on any atom is -0.336 e. The first-order chi connectivity index (χ1) is 11.9. The number of hydrogen-bond acceptors (Lipinski definition) is 3. The van der Waals surface area contributed by atoms with Crippen LogP contribution < -0.4 is 4.72 Å². The molecule has 0 bridgehead atoms. The van der Waals surface area contributed by atoms with Crippen molar-refractivity contribution in [1.82, 2.24) is 14.3 Å². The second-order valence-corrected chi connectivity index (χ2v) is 7.12. The van der Waals surface area contributed by atoms with Crippen molar-refractivity contribution < 1.29 is 17.2 Å². The third kappa shape index (κ3) is 3.59. The minimum absolute atomic E-state index is 0.423. The molecule has 1 unspecified atom stereocenters. The Labute approximate surface area is 144 Å². The molecule has 0 radical (unpaired) electrons. The Morgan fingerprint density at radius 1 is 1.12 bits per heavy atom. The molecule has 8 heteroatoms. The van der Waals surface area contributed by atoms with Gasteiger partial charge in [-0.25, -0.2) is 22.2 Å². The summed E-state index contributed by atoms with van der Waals surface area (Å²) in [6, 6.07) is 10.2. The van der Waals surface area contributed by atoms with Gasteiger partial charge >= 0.3 is 0 Å². The quantitative estimate of drug-likeness (QED) is 0.758. The molecule has 0 aliphatic rings. The summed E-state index contributed by atoms with van der Waals surface area (Å²) < 4.78 is 56.7. The third-order valence-electron chi connectivity index (χ3n) is 3.71. The van der Waals surface area contributed by atoms with E-state index >= 15 is 0 Å². The predicted octanol–water partition coefficient (Wildman–Crippen LogP) is 2.77. The highest BCUT2D eigenvalue weighted by molar-refractivity contribution is 7.89. The number of nitrogens with one attached hydrogen (secondary N) is 1. The van der Waals surface area contributed by atoms with E-state index in [0.29, 0.717) is 17.5 Å². The molecule has 5 nitrogen and oxygen atoms in total. The Hall–Kier alpha value is -2.58. The zero-order chi connectivity index (χ0) is 18.0. The van der Waals surface area contributed by atoms with Crippen LogP contribution in [-0.4, -0.2) is 18.0 Å². The first-order valence-electron chi connectivity index (χ1n) is 7.38. The average molecular weight is 363 g/mol. The Bertz CT molecular complexity index is 988. The van der Waals surface area contributed by atoms with Crippen molar-refractivity contribution in [2.24, 2.45) is 7.05 Å². The van der Waals surface area contributed by atoms with Gasteiger partial charge in [0.15, 0.2) is 0 Å². The van der Waals surface area contributed by atoms with Crippen LogP contribution in [0.1, 0.15) is 17.4 Å². The van der Waals surface area contributed by atoms with Crippen LogP contribution in [0.4, 0.5) is 8.78 Å². The molecule has 0 aliphatic heterocycles.